The lowest BCUT2D eigenvalue weighted by atomic mass is 10.1. The molecule has 0 amide bonds. The number of likely N-dealkylation sites (N-methyl/N-ethyl adjacent to an activating group) is 1. The van der Waals surface area contributed by atoms with E-state index in [1.165, 1.54) is 29.1 Å². The summed E-state index contributed by atoms with van der Waals surface area (Å²) in [7, 11) is -4.95. The average molecular weight is 306 g/mol. The predicted molar refractivity (Wildman–Crippen MR) is 82.2 cm³/mol. The van der Waals surface area contributed by atoms with Gasteiger partial charge in [-0.25, -0.2) is 13.1 Å². The zero-order valence-corrected chi connectivity index (χ0v) is 11.2. The molecule has 0 saturated heterocycles. The van der Waals surface area contributed by atoms with E-state index in [1.807, 2.05) is 0 Å². The Bertz CT molecular complexity index is 1020. The zero-order valence-electron chi connectivity index (χ0n) is 21.4. The van der Waals surface area contributed by atoms with Gasteiger partial charge in [0.05, 0.1) is 5.70 Å². The molecule has 0 radical (unpaired) electrons. The molecule has 2 N–H and O–H groups in total. The van der Waals surface area contributed by atoms with Crippen molar-refractivity contribution < 1.29 is 23.5 Å². The zero-order chi connectivity index (χ0) is 24.0. The number of nitrogens with zero attached hydrogens (tertiary/aromatic N) is 1. The van der Waals surface area contributed by atoms with E-state index in [4.69, 9.17) is 15.1 Å². The number of fused-ring (bicyclic) bond motifs is 1. The maximum atomic E-state index is 12.3. The van der Waals surface area contributed by atoms with E-state index in [0.29, 0.717) is 21.4 Å². The molecule has 0 aliphatic heterocycles. The standard InChI is InChI=1S/C14H21N3O2S/c1-15-20(18,19)10-11-4-5-14-13(8-11)12(9-16-14)6-7-17(2)3/h4-5,8-9,15-16H,6-7,10H2,1-3H3/i1D3,2D3,3D3,10D2. The maximum absolute atomic E-state index is 12.3. The summed E-state index contributed by atoms with van der Waals surface area (Å²) >= 11 is 0. The van der Waals surface area contributed by atoms with Gasteiger partial charge in [-0.15, -0.1) is 0 Å². The van der Waals surface area contributed by atoms with E-state index >= 15 is 0 Å². The van der Waals surface area contributed by atoms with Gasteiger partial charge < -0.3 is 9.88 Å². The van der Waals surface area contributed by atoms with E-state index in [9.17, 15) is 8.42 Å². The van der Waals surface area contributed by atoms with Gasteiger partial charge in [0, 0.05) is 38.7 Å². The molecule has 6 heteroatoms. The number of hydrogen-bond donors (Lipinski definition) is 2. The molecule has 2 rings (SSSR count). The third kappa shape index (κ3) is 3.59. The monoisotopic (exact) mass is 306 g/mol. The molecule has 0 aliphatic carbocycles. The molecule has 1 heterocycles. The Morgan fingerprint density at radius 2 is 2.30 bits per heavy atom. The van der Waals surface area contributed by atoms with Crippen molar-refractivity contribution in [1.82, 2.24) is 14.6 Å². The van der Waals surface area contributed by atoms with Gasteiger partial charge in [0.2, 0.25) is 10.0 Å². The van der Waals surface area contributed by atoms with Crippen LogP contribution < -0.4 is 4.72 Å². The molecule has 0 unspecified atom stereocenters. The minimum absolute atomic E-state index is 0.0382. The highest BCUT2D eigenvalue weighted by atomic mass is 32.2. The van der Waals surface area contributed by atoms with Gasteiger partial charge in [-0.05, 0) is 50.6 Å². The number of H-pyrrole nitrogens is 1. The summed E-state index contributed by atoms with van der Waals surface area (Å²) in [6, 6.07) is 3.77. The first-order valence-electron chi connectivity index (χ1n) is 11.2. The summed E-state index contributed by atoms with van der Waals surface area (Å²) in [4.78, 5) is 3.25. The number of aromatic amines is 1. The number of hydrogen-bond acceptors (Lipinski definition) is 3. The molecule has 2 aromatic rings. The van der Waals surface area contributed by atoms with Crippen molar-refractivity contribution in [3.05, 3.63) is 35.5 Å². The van der Waals surface area contributed by atoms with Gasteiger partial charge in [-0.2, -0.15) is 0 Å². The Morgan fingerprint density at radius 3 is 3.05 bits per heavy atom. The van der Waals surface area contributed by atoms with Crippen LogP contribution in [0.2, 0.25) is 0 Å². The molecule has 20 heavy (non-hydrogen) atoms. The SMILES string of the molecule is [2H]C([2H])([2H])NS(=O)(=O)C([2H])([2H])c1ccc2[nH]cc(CCN(C([2H])([2H])[2H])C([2H])([2H])[2H])c2c1. The molecule has 1 aromatic carbocycles. The van der Waals surface area contributed by atoms with Crippen LogP contribution in [0.5, 0.6) is 0 Å². The van der Waals surface area contributed by atoms with Crippen LogP contribution in [0, 0.1) is 0 Å². The first-order valence-corrected chi connectivity index (χ1v) is 7.16. The summed E-state index contributed by atoms with van der Waals surface area (Å²) in [5.74, 6) is 0. The second-order valence-corrected chi connectivity index (χ2v) is 5.60. The molecule has 1 aromatic heterocycles. The lowest BCUT2D eigenvalue weighted by Gasteiger charge is -2.08. The van der Waals surface area contributed by atoms with Crippen molar-refractivity contribution in [2.75, 3.05) is 27.5 Å². The number of sulfonamides is 1. The fourth-order valence-corrected chi connectivity index (χ4v) is 2.35. The number of aromatic nitrogens is 1. The molecule has 0 saturated carbocycles. The molecule has 110 valence electrons. The minimum atomic E-state index is -4.95. The maximum Gasteiger partial charge on any atom is 0.215 e. The Labute approximate surface area is 135 Å². The highest BCUT2D eigenvalue weighted by molar-refractivity contribution is 7.88. The molecule has 5 nitrogen and oxygen atoms in total. The van der Waals surface area contributed by atoms with Crippen LogP contribution in [0.15, 0.2) is 24.4 Å². The normalized spacial score (nSPS) is 23.1. The summed E-state index contributed by atoms with van der Waals surface area (Å²) in [5, 5.41) is 0.349. The number of nitrogens with one attached hydrogen (secondary N) is 2. The van der Waals surface area contributed by atoms with Crippen molar-refractivity contribution >= 4 is 20.9 Å². The van der Waals surface area contributed by atoms with E-state index in [0.717, 1.165) is 0 Å². The van der Waals surface area contributed by atoms with Crippen LogP contribution in [0.3, 0.4) is 0 Å². The van der Waals surface area contributed by atoms with Gasteiger partial charge in [0.1, 0.15) is 0 Å². The summed E-state index contributed by atoms with van der Waals surface area (Å²) in [5.41, 5.74) is -2.52. The van der Waals surface area contributed by atoms with Crippen molar-refractivity contribution in [3.63, 3.8) is 0 Å². The largest absolute Gasteiger partial charge is 0.361 e. The molecule has 0 aliphatic rings. The van der Waals surface area contributed by atoms with Crippen LogP contribution in [0.25, 0.3) is 10.9 Å². The summed E-state index contributed by atoms with van der Waals surface area (Å²) in [6.45, 7) is -9.22. The predicted octanol–water partition coefficient (Wildman–Crippen LogP) is 1.32. The van der Waals surface area contributed by atoms with Crippen molar-refractivity contribution in [1.29, 1.82) is 0 Å². The number of benzene rings is 1. The van der Waals surface area contributed by atoms with E-state index in [2.05, 4.69) is 4.98 Å². The Kier molecular flexibility index (Phi) is 1.84. The lowest BCUT2D eigenvalue weighted by molar-refractivity contribution is 0.414. The van der Waals surface area contributed by atoms with Crippen molar-refractivity contribution in [2.24, 2.45) is 0 Å². The molecule has 0 fully saturated rings. The molecular formula is C14H21N3O2S. The van der Waals surface area contributed by atoms with E-state index in [-0.39, 0.29) is 18.5 Å². The second kappa shape index (κ2) is 5.95. The average Bonchev–Trinajstić information content (AvgIpc) is 2.92. The highest BCUT2D eigenvalue weighted by Crippen LogP contribution is 2.21. The van der Waals surface area contributed by atoms with Crippen LogP contribution in [0.1, 0.15) is 26.2 Å². The fraction of sp³-hybridized carbons (Fsp3) is 0.429. The third-order valence-electron chi connectivity index (χ3n) is 2.76. The summed E-state index contributed by atoms with van der Waals surface area (Å²) in [6.07, 6.45) is 1.44. The Balaban J connectivity index is 2.41. The third-order valence-corrected chi connectivity index (χ3v) is 3.53. The quantitative estimate of drug-likeness (QED) is 0.846. The molecule has 0 spiro atoms. The van der Waals surface area contributed by atoms with Crippen LogP contribution in [-0.2, 0) is 22.1 Å². The van der Waals surface area contributed by atoms with Gasteiger partial charge >= 0.3 is 0 Å². The van der Waals surface area contributed by atoms with Crippen LogP contribution >= 0.6 is 0 Å². The molecule has 0 atom stereocenters. The fourth-order valence-electron chi connectivity index (χ4n) is 1.86. The Hall–Kier alpha value is -1.37. The summed E-state index contributed by atoms with van der Waals surface area (Å²) < 4.78 is 107. The first-order chi connectivity index (χ1) is 13.8. The second-order valence-electron chi connectivity index (χ2n) is 4.18. The van der Waals surface area contributed by atoms with Crippen LogP contribution in [-0.4, -0.2) is 45.8 Å². The Morgan fingerprint density at radius 1 is 1.45 bits per heavy atom. The highest BCUT2D eigenvalue weighted by Gasteiger charge is 2.11. The van der Waals surface area contributed by atoms with Gasteiger partial charge in [0.15, 0.2) is 0 Å². The van der Waals surface area contributed by atoms with Crippen molar-refractivity contribution in [3.8, 4) is 0 Å². The minimum Gasteiger partial charge on any atom is -0.361 e. The van der Waals surface area contributed by atoms with Gasteiger partial charge in [-0.1, -0.05) is 6.07 Å². The van der Waals surface area contributed by atoms with E-state index in [1.54, 1.807) is 0 Å². The van der Waals surface area contributed by atoms with E-state index < -0.39 is 36.7 Å². The smallest absolute Gasteiger partial charge is 0.215 e. The lowest BCUT2D eigenvalue weighted by Crippen LogP contribution is -2.20. The topological polar surface area (TPSA) is 65.2 Å². The van der Waals surface area contributed by atoms with Gasteiger partial charge in [0.25, 0.3) is 0 Å². The molecular weight excluding hydrogens is 274 g/mol. The van der Waals surface area contributed by atoms with Crippen LogP contribution in [0.4, 0.5) is 0 Å². The number of rotatable bonds is 6. The van der Waals surface area contributed by atoms with Gasteiger partial charge in [-0.3, -0.25) is 0 Å². The first kappa shape index (κ1) is 6.17. The molecule has 0 bridgehead atoms. The van der Waals surface area contributed by atoms with Crippen molar-refractivity contribution in [2.45, 2.75) is 12.1 Å².